The molecule has 0 atom stereocenters. The van der Waals surface area contributed by atoms with Gasteiger partial charge in [-0.1, -0.05) is 37.3 Å². The smallest absolute Gasteiger partial charge is 0.435 e. The Bertz CT molecular complexity index is 1470. The minimum atomic E-state index is -6.27. The fourth-order valence-electron chi connectivity index (χ4n) is 4.77. The number of amides is 2. The van der Waals surface area contributed by atoms with Crippen LogP contribution in [0, 0.1) is 6.92 Å². The van der Waals surface area contributed by atoms with Gasteiger partial charge in [0.1, 0.15) is 0 Å². The van der Waals surface area contributed by atoms with Crippen molar-refractivity contribution in [1.82, 2.24) is 0 Å². The predicted octanol–water partition coefficient (Wildman–Crippen LogP) is 7.27. The number of alkyl halides is 7. The lowest BCUT2D eigenvalue weighted by Crippen LogP contribution is -2.50. The first-order valence-electron chi connectivity index (χ1n) is 12.0. The van der Waals surface area contributed by atoms with Gasteiger partial charge in [-0.05, 0) is 54.3 Å². The molecule has 0 bridgehead atoms. The molecule has 1 heterocycles. The number of nitrogens with one attached hydrogen (secondary N) is 1. The van der Waals surface area contributed by atoms with E-state index in [0.717, 1.165) is 5.56 Å². The van der Waals surface area contributed by atoms with Gasteiger partial charge in [-0.3, -0.25) is 9.59 Å². The summed E-state index contributed by atoms with van der Waals surface area (Å²) < 4.78 is 100. The average Bonchev–Trinajstić information content (AvgIpc) is 3.23. The molecule has 1 aliphatic heterocycles. The first-order chi connectivity index (χ1) is 18.7. The van der Waals surface area contributed by atoms with Gasteiger partial charge in [0.15, 0.2) is 5.75 Å². The van der Waals surface area contributed by atoms with Crippen molar-refractivity contribution in [2.24, 2.45) is 0 Å². The molecule has 0 fully saturated rings. The maximum Gasteiger partial charge on any atom is 0.435 e. The predicted molar refractivity (Wildman–Crippen MR) is 133 cm³/mol. The second-order valence-electron chi connectivity index (χ2n) is 9.20. The summed E-state index contributed by atoms with van der Waals surface area (Å²) in [5.74, 6) is -1.08. The quantitative estimate of drug-likeness (QED) is 0.319. The SMILES string of the molecule is CCc1cc(C(F)(C(F)(F)F)C(F)(F)F)cc(C)c1NC(=O)c1cccc(N2Cc3ccccc3C2=O)c1OC. The molecule has 2 amide bonds. The van der Waals surface area contributed by atoms with Crippen molar-refractivity contribution < 1.29 is 45.1 Å². The van der Waals surface area contributed by atoms with Crippen LogP contribution in [0.5, 0.6) is 5.75 Å². The number of nitrogens with zero attached hydrogens (tertiary/aromatic N) is 1. The number of ether oxygens (including phenoxy) is 1. The highest BCUT2D eigenvalue weighted by Crippen LogP contribution is 2.54. The van der Waals surface area contributed by atoms with Crippen LogP contribution < -0.4 is 15.0 Å². The second kappa shape index (κ2) is 10.1. The van der Waals surface area contributed by atoms with E-state index in [9.17, 15) is 40.3 Å². The van der Waals surface area contributed by atoms with E-state index in [1.165, 1.54) is 38.0 Å². The molecule has 212 valence electrons. The number of halogens is 7. The number of carbonyl (C=O) groups excluding carboxylic acids is 2. The van der Waals surface area contributed by atoms with Crippen molar-refractivity contribution in [3.05, 3.63) is 88.0 Å². The number of carbonyl (C=O) groups is 2. The Hall–Kier alpha value is -4.09. The van der Waals surface area contributed by atoms with Crippen LogP contribution in [0.1, 0.15) is 49.9 Å². The van der Waals surface area contributed by atoms with Crippen molar-refractivity contribution in [1.29, 1.82) is 0 Å². The van der Waals surface area contributed by atoms with Crippen LogP contribution in [0.3, 0.4) is 0 Å². The average molecular weight is 568 g/mol. The van der Waals surface area contributed by atoms with Crippen molar-refractivity contribution in [3.63, 3.8) is 0 Å². The first kappa shape index (κ1) is 28.9. The van der Waals surface area contributed by atoms with E-state index in [1.54, 1.807) is 30.3 Å². The Morgan fingerprint density at radius 2 is 1.62 bits per heavy atom. The van der Waals surface area contributed by atoms with Crippen LogP contribution in [0.4, 0.5) is 42.1 Å². The lowest BCUT2D eigenvalue weighted by molar-refractivity contribution is -0.348. The van der Waals surface area contributed by atoms with Crippen molar-refractivity contribution in [3.8, 4) is 5.75 Å². The second-order valence-corrected chi connectivity index (χ2v) is 9.20. The summed E-state index contributed by atoms with van der Waals surface area (Å²) in [7, 11) is 1.29. The zero-order chi connectivity index (χ0) is 29.6. The Labute approximate surface area is 224 Å². The number of aryl methyl sites for hydroxylation is 2. The number of fused-ring (bicyclic) bond motifs is 1. The number of hydrogen-bond acceptors (Lipinski definition) is 3. The molecule has 0 radical (unpaired) electrons. The summed E-state index contributed by atoms with van der Waals surface area (Å²) in [6.45, 7) is 2.83. The van der Waals surface area contributed by atoms with E-state index in [-0.39, 0.29) is 52.7 Å². The third kappa shape index (κ3) is 4.65. The Kier molecular flexibility index (Phi) is 7.33. The largest absolute Gasteiger partial charge is 0.494 e. The first-order valence-corrected chi connectivity index (χ1v) is 12.0. The highest BCUT2D eigenvalue weighted by atomic mass is 19.4. The van der Waals surface area contributed by atoms with E-state index in [1.807, 2.05) is 0 Å². The number of hydrogen-bond donors (Lipinski definition) is 1. The molecule has 3 aromatic carbocycles. The number of para-hydroxylation sites is 1. The highest BCUT2D eigenvalue weighted by Gasteiger charge is 2.73. The topological polar surface area (TPSA) is 58.6 Å². The number of anilines is 2. The molecule has 4 rings (SSSR count). The lowest BCUT2D eigenvalue weighted by atomic mass is 9.89. The molecule has 3 aromatic rings. The van der Waals surface area contributed by atoms with Gasteiger partial charge in [0.25, 0.3) is 11.8 Å². The van der Waals surface area contributed by atoms with Crippen molar-refractivity contribution >= 4 is 23.2 Å². The van der Waals surface area contributed by atoms with E-state index in [0.29, 0.717) is 17.7 Å². The molecule has 0 unspecified atom stereocenters. The van der Waals surface area contributed by atoms with Crippen LogP contribution in [0.2, 0.25) is 0 Å². The van der Waals surface area contributed by atoms with Crippen LogP contribution in [-0.4, -0.2) is 31.3 Å². The van der Waals surface area contributed by atoms with Crippen molar-refractivity contribution in [2.45, 2.75) is 44.8 Å². The highest BCUT2D eigenvalue weighted by molar-refractivity contribution is 6.13. The fourth-order valence-corrected chi connectivity index (χ4v) is 4.77. The molecule has 0 saturated heterocycles. The summed E-state index contributed by atoms with van der Waals surface area (Å²) in [4.78, 5) is 27.8. The number of benzene rings is 3. The van der Waals surface area contributed by atoms with Crippen LogP contribution in [0.25, 0.3) is 0 Å². The monoisotopic (exact) mass is 568 g/mol. The third-order valence-corrected chi connectivity index (χ3v) is 6.77. The van der Waals surface area contributed by atoms with Gasteiger partial charge in [0.2, 0.25) is 0 Å². The third-order valence-electron chi connectivity index (χ3n) is 6.77. The number of rotatable bonds is 6. The summed E-state index contributed by atoms with van der Waals surface area (Å²) in [5, 5.41) is 2.52. The minimum Gasteiger partial charge on any atom is -0.494 e. The number of methoxy groups -OCH3 is 1. The summed E-state index contributed by atoms with van der Waals surface area (Å²) in [6, 6.07) is 12.3. The zero-order valence-corrected chi connectivity index (χ0v) is 21.4. The molecule has 1 aliphatic rings. The van der Waals surface area contributed by atoms with Gasteiger partial charge >= 0.3 is 18.0 Å². The van der Waals surface area contributed by atoms with Crippen LogP contribution in [0.15, 0.2) is 54.6 Å². The standard InChI is InChI=1S/C28H23F7N2O3/c1-4-16-13-18(26(29,27(30,31)32)28(33,34)35)12-15(2)22(16)36-24(38)20-10-7-11-21(23(20)40-3)37-14-17-8-5-6-9-19(17)25(37)39/h5-13H,4,14H2,1-3H3,(H,36,38). The summed E-state index contributed by atoms with van der Waals surface area (Å²) in [5.41, 5.74) is -6.14. The van der Waals surface area contributed by atoms with E-state index in [4.69, 9.17) is 4.74 Å². The van der Waals surface area contributed by atoms with Gasteiger partial charge in [0, 0.05) is 16.8 Å². The molecule has 0 aromatic heterocycles. The van der Waals surface area contributed by atoms with E-state index < -0.39 is 29.5 Å². The van der Waals surface area contributed by atoms with Gasteiger partial charge in [-0.15, -0.1) is 0 Å². The molecule has 0 aliphatic carbocycles. The molecule has 40 heavy (non-hydrogen) atoms. The fraction of sp³-hybridized carbons (Fsp3) is 0.286. The Balaban J connectivity index is 1.72. The Morgan fingerprint density at radius 1 is 0.975 bits per heavy atom. The normalized spacial score (nSPS) is 13.8. The molecule has 12 heteroatoms. The minimum absolute atomic E-state index is 0.0328. The summed E-state index contributed by atoms with van der Waals surface area (Å²) in [6.07, 6.45) is -12.7. The maximum atomic E-state index is 14.7. The summed E-state index contributed by atoms with van der Waals surface area (Å²) >= 11 is 0. The van der Waals surface area contributed by atoms with Gasteiger partial charge in [-0.25, -0.2) is 4.39 Å². The molecule has 1 N–H and O–H groups in total. The van der Waals surface area contributed by atoms with Crippen molar-refractivity contribution in [2.75, 3.05) is 17.3 Å². The van der Waals surface area contributed by atoms with E-state index >= 15 is 0 Å². The molecular formula is C28H23F7N2O3. The van der Waals surface area contributed by atoms with Crippen LogP contribution >= 0.6 is 0 Å². The molecule has 0 spiro atoms. The van der Waals surface area contributed by atoms with E-state index in [2.05, 4.69) is 5.32 Å². The van der Waals surface area contributed by atoms with Gasteiger partial charge in [0.05, 0.1) is 24.9 Å². The maximum absolute atomic E-state index is 14.7. The molecular weight excluding hydrogens is 545 g/mol. The molecule has 5 nitrogen and oxygen atoms in total. The Morgan fingerprint density at radius 3 is 2.20 bits per heavy atom. The molecule has 0 saturated carbocycles. The lowest BCUT2D eigenvalue weighted by Gasteiger charge is -2.31. The van der Waals surface area contributed by atoms with Gasteiger partial charge in [-0.2, -0.15) is 26.3 Å². The zero-order valence-electron chi connectivity index (χ0n) is 21.4. The van der Waals surface area contributed by atoms with Gasteiger partial charge < -0.3 is 15.0 Å². The van der Waals surface area contributed by atoms with Crippen LogP contribution in [-0.2, 0) is 18.6 Å².